The van der Waals surface area contributed by atoms with Crippen LogP contribution in [-0.4, -0.2) is 58.7 Å². The van der Waals surface area contributed by atoms with Crippen LogP contribution in [0.2, 0.25) is 0 Å². The molecule has 1 aliphatic rings. The van der Waals surface area contributed by atoms with E-state index in [2.05, 4.69) is 4.99 Å². The van der Waals surface area contributed by atoms with Crippen LogP contribution in [0.25, 0.3) is 5.57 Å². The number of aliphatic imine (C=N–C) groups is 1. The molecule has 4 N–H and O–H groups in total. The van der Waals surface area contributed by atoms with Crippen LogP contribution < -0.4 is 4.90 Å². The Balaban J connectivity index is 0.00000605. The molecule has 0 bridgehead atoms. The van der Waals surface area contributed by atoms with E-state index in [0.717, 1.165) is 5.69 Å². The molecule has 1 aliphatic carbocycles. The van der Waals surface area contributed by atoms with Crippen molar-refractivity contribution in [2.24, 2.45) is 4.99 Å². The van der Waals surface area contributed by atoms with Gasteiger partial charge in [0.25, 0.3) is 30.4 Å². The number of nitrogens with zero attached hydrogens (tertiary/aromatic N) is 2. The van der Waals surface area contributed by atoms with Crippen LogP contribution in [0.15, 0.2) is 147 Å². The number of allylic oxidation sites excluding steroid dienone is 5. The number of hydrogen-bond donors (Lipinski definition) is 2. The van der Waals surface area contributed by atoms with E-state index in [4.69, 9.17) is 4.18 Å². The van der Waals surface area contributed by atoms with E-state index in [9.17, 15) is 34.4 Å². The summed E-state index contributed by atoms with van der Waals surface area (Å²) in [6.45, 7) is 4.27. The molecule has 0 amide bonds. The van der Waals surface area contributed by atoms with Gasteiger partial charge in [-0.2, -0.15) is 25.3 Å². The molecule has 0 saturated heterocycles. The topological polar surface area (TPSA) is 199 Å². The highest BCUT2D eigenvalue weighted by Gasteiger charge is 2.22. The average Bonchev–Trinajstić information content (AvgIpc) is 3.10. The van der Waals surface area contributed by atoms with Gasteiger partial charge in [0, 0.05) is 24.3 Å². The highest BCUT2D eigenvalue weighted by molar-refractivity contribution is 7.87. The SMILES string of the molecule is CCOS(=O)(=O)c1ccccc1CN=C1C=CC(=C(c2ccc(N(CC)Cc3ccccc3S(=O)(=O)O)cc2)c2ccccc2S(=O)(=O)O)C=C1.O. The summed E-state index contributed by atoms with van der Waals surface area (Å²) in [6.07, 6.45) is 6.97. The summed E-state index contributed by atoms with van der Waals surface area (Å²) in [5, 5.41) is 0. The maximum atomic E-state index is 12.6. The fourth-order valence-electron chi connectivity index (χ4n) is 5.70. The Labute approximate surface area is 304 Å². The maximum absolute atomic E-state index is 12.6. The first-order chi connectivity index (χ1) is 24.2. The molecule has 0 saturated carbocycles. The highest BCUT2D eigenvalue weighted by atomic mass is 32.2. The zero-order valence-electron chi connectivity index (χ0n) is 28.2. The quantitative estimate of drug-likeness (QED) is 0.126. The minimum absolute atomic E-state index is 0. The molecule has 0 aliphatic heterocycles. The molecule has 12 nitrogen and oxygen atoms in total. The molecule has 4 aromatic carbocycles. The molecule has 0 spiro atoms. The molecule has 0 atom stereocenters. The van der Waals surface area contributed by atoms with Gasteiger partial charge in [0.05, 0.1) is 28.7 Å². The van der Waals surface area contributed by atoms with E-state index < -0.39 is 30.4 Å². The third-order valence-corrected chi connectivity index (χ3v) is 11.4. The number of benzene rings is 4. The van der Waals surface area contributed by atoms with E-state index in [1.165, 1.54) is 30.3 Å². The van der Waals surface area contributed by atoms with Crippen molar-refractivity contribution in [3.63, 3.8) is 0 Å². The maximum Gasteiger partial charge on any atom is 0.297 e. The summed E-state index contributed by atoms with van der Waals surface area (Å²) in [4.78, 5) is 6.10. The van der Waals surface area contributed by atoms with Gasteiger partial charge in [-0.25, -0.2) is 0 Å². The van der Waals surface area contributed by atoms with E-state index in [1.807, 2.05) is 24.0 Å². The van der Waals surface area contributed by atoms with Gasteiger partial charge in [0.1, 0.15) is 4.90 Å². The van der Waals surface area contributed by atoms with E-state index in [1.54, 1.807) is 85.8 Å². The smallest absolute Gasteiger partial charge is 0.297 e. The molecular weight excluding hydrogens is 729 g/mol. The van der Waals surface area contributed by atoms with Crippen molar-refractivity contribution >= 4 is 47.3 Å². The van der Waals surface area contributed by atoms with E-state index >= 15 is 0 Å². The van der Waals surface area contributed by atoms with Gasteiger partial charge in [-0.3, -0.25) is 18.3 Å². The normalized spacial score (nSPS) is 13.1. The molecule has 5 rings (SSSR count). The lowest BCUT2D eigenvalue weighted by atomic mass is 9.90. The van der Waals surface area contributed by atoms with Gasteiger partial charge in [0.2, 0.25) is 0 Å². The van der Waals surface area contributed by atoms with Crippen molar-refractivity contribution in [1.82, 2.24) is 0 Å². The van der Waals surface area contributed by atoms with Crippen LogP contribution in [0.5, 0.6) is 0 Å². The number of anilines is 1. The molecule has 0 fully saturated rings. The number of rotatable bonds is 13. The Morgan fingerprint density at radius 3 is 1.79 bits per heavy atom. The van der Waals surface area contributed by atoms with Gasteiger partial charge < -0.3 is 10.4 Å². The summed E-state index contributed by atoms with van der Waals surface area (Å²) < 4.78 is 99.0. The van der Waals surface area contributed by atoms with Gasteiger partial charge >= 0.3 is 0 Å². The summed E-state index contributed by atoms with van der Waals surface area (Å²) >= 11 is 0. The predicted octanol–water partition coefficient (Wildman–Crippen LogP) is 5.68. The van der Waals surface area contributed by atoms with Gasteiger partial charge in [0.15, 0.2) is 0 Å². The molecule has 0 unspecified atom stereocenters. The summed E-state index contributed by atoms with van der Waals surface area (Å²) in [7, 11) is -13.0. The summed E-state index contributed by atoms with van der Waals surface area (Å²) in [6, 6.07) is 26.0. The minimum atomic E-state index is -4.62. The summed E-state index contributed by atoms with van der Waals surface area (Å²) in [5.74, 6) is 0. The third kappa shape index (κ3) is 9.37. The molecule has 4 aromatic rings. The molecule has 0 aromatic heterocycles. The van der Waals surface area contributed by atoms with Crippen LogP contribution in [0.4, 0.5) is 5.69 Å². The fraction of sp³-hybridized carbons (Fsp3) is 0.162. The highest BCUT2D eigenvalue weighted by Crippen LogP contribution is 2.35. The fourth-order valence-corrected chi connectivity index (χ4v) is 8.25. The first-order valence-electron chi connectivity index (χ1n) is 15.8. The Morgan fingerprint density at radius 1 is 0.673 bits per heavy atom. The molecule has 15 heteroatoms. The zero-order chi connectivity index (χ0) is 36.8. The van der Waals surface area contributed by atoms with Crippen molar-refractivity contribution in [2.45, 2.75) is 41.6 Å². The van der Waals surface area contributed by atoms with Crippen LogP contribution in [0.1, 0.15) is 36.1 Å². The first kappa shape index (κ1) is 40.0. The second-order valence-corrected chi connectivity index (χ2v) is 15.7. The third-order valence-electron chi connectivity index (χ3n) is 8.05. The van der Waals surface area contributed by atoms with Gasteiger partial charge in [-0.1, -0.05) is 78.9 Å². The molecule has 52 heavy (non-hydrogen) atoms. The molecule has 0 heterocycles. The Hall–Kier alpha value is -4.74. The summed E-state index contributed by atoms with van der Waals surface area (Å²) in [5.41, 5.74) is 4.20. The van der Waals surface area contributed by atoms with E-state index in [0.29, 0.717) is 40.1 Å². The van der Waals surface area contributed by atoms with Crippen molar-refractivity contribution in [3.05, 3.63) is 149 Å². The van der Waals surface area contributed by atoms with Crippen LogP contribution in [-0.2, 0) is 47.6 Å². The lowest BCUT2D eigenvalue weighted by Gasteiger charge is -2.25. The number of hydrogen-bond acceptors (Lipinski definition) is 9. The molecule has 274 valence electrons. The van der Waals surface area contributed by atoms with Crippen LogP contribution >= 0.6 is 0 Å². The molecular formula is C37H38N2O10S3. The Morgan fingerprint density at radius 2 is 1.21 bits per heavy atom. The van der Waals surface area contributed by atoms with E-state index in [-0.39, 0.29) is 45.4 Å². The largest absolute Gasteiger partial charge is 0.412 e. The lowest BCUT2D eigenvalue weighted by molar-refractivity contribution is 0.337. The van der Waals surface area contributed by atoms with Crippen molar-refractivity contribution in [3.8, 4) is 0 Å². The van der Waals surface area contributed by atoms with Crippen molar-refractivity contribution in [1.29, 1.82) is 0 Å². The second kappa shape index (κ2) is 16.7. The predicted molar refractivity (Wildman–Crippen MR) is 200 cm³/mol. The lowest BCUT2D eigenvalue weighted by Crippen LogP contribution is -2.23. The molecule has 0 radical (unpaired) electrons. The second-order valence-electron chi connectivity index (χ2n) is 11.3. The van der Waals surface area contributed by atoms with Crippen molar-refractivity contribution < 1.29 is 44.0 Å². The van der Waals surface area contributed by atoms with Crippen molar-refractivity contribution in [2.75, 3.05) is 18.1 Å². The zero-order valence-corrected chi connectivity index (χ0v) is 30.7. The average molecular weight is 767 g/mol. The Kier molecular flexibility index (Phi) is 12.9. The first-order valence-corrected chi connectivity index (χ1v) is 20.1. The van der Waals surface area contributed by atoms with Gasteiger partial charge in [-0.05, 0) is 84.2 Å². The van der Waals surface area contributed by atoms with Gasteiger partial charge in [-0.15, -0.1) is 0 Å². The standard InChI is InChI=1S/C37H36N2O9S3.H2O/c1-3-39(26-30-12-6-8-14-34(30)49(40,41)42)32-23-19-28(20-24-32)37(33-13-7-10-16-36(33)50(43,44)45)27-17-21-31(22-18-27)38-25-29-11-5-9-15-35(29)51(46,47)48-4-2;/h5-24H,3-4,25-26H2,1-2H3,(H,40,41,42)(H,43,44,45);1H2. The van der Waals surface area contributed by atoms with Crippen LogP contribution in [0.3, 0.4) is 0 Å². The van der Waals surface area contributed by atoms with Crippen LogP contribution in [0, 0.1) is 0 Å². The minimum Gasteiger partial charge on any atom is -0.412 e. The Bertz CT molecular complexity index is 2370. The monoisotopic (exact) mass is 766 g/mol.